The third kappa shape index (κ3) is 3.48. The number of hydrogen-bond acceptors (Lipinski definition) is 2. The molecule has 0 saturated heterocycles. The Morgan fingerprint density at radius 3 is 1.67 bits per heavy atom. The summed E-state index contributed by atoms with van der Waals surface area (Å²) in [5.74, 6) is 0. The quantitative estimate of drug-likeness (QED) is 0.488. The maximum absolute atomic E-state index is 6.46. The summed E-state index contributed by atoms with van der Waals surface area (Å²) in [7, 11) is 0. The molecular weight excluding hydrogens is 328 g/mol. The first kappa shape index (κ1) is 17.1. The summed E-state index contributed by atoms with van der Waals surface area (Å²) in [4.78, 5) is 0. The van der Waals surface area contributed by atoms with Gasteiger partial charge in [0.1, 0.15) is 0 Å². The summed E-state index contributed by atoms with van der Waals surface area (Å²) in [6.07, 6.45) is 4.12. The standard InChI is InChI=1S/C25H22N2/c26-17-22(15-20-11-5-9-18-7-1-3-13-23(18)20)25(27)16-21-12-6-10-19-8-2-4-14-24(19)21/h1-16H,17,26-27H2/b22-15+,25-16+. The molecule has 0 fully saturated rings. The minimum Gasteiger partial charge on any atom is -0.398 e. The molecule has 0 aromatic heterocycles. The van der Waals surface area contributed by atoms with Crippen LogP contribution in [0.4, 0.5) is 0 Å². The van der Waals surface area contributed by atoms with E-state index in [2.05, 4.69) is 78.9 Å². The van der Waals surface area contributed by atoms with Gasteiger partial charge in [0.25, 0.3) is 0 Å². The van der Waals surface area contributed by atoms with Crippen molar-refractivity contribution in [2.45, 2.75) is 0 Å². The number of rotatable bonds is 4. The van der Waals surface area contributed by atoms with Gasteiger partial charge in [-0.2, -0.15) is 0 Å². The normalized spacial score (nSPS) is 12.6. The average Bonchev–Trinajstić information content (AvgIpc) is 2.72. The highest BCUT2D eigenvalue weighted by molar-refractivity contribution is 5.93. The number of fused-ring (bicyclic) bond motifs is 2. The molecule has 0 heterocycles. The molecule has 4 N–H and O–H groups in total. The average molecular weight is 350 g/mol. The van der Waals surface area contributed by atoms with Crippen molar-refractivity contribution in [1.29, 1.82) is 0 Å². The molecule has 0 unspecified atom stereocenters. The van der Waals surface area contributed by atoms with Crippen LogP contribution in [-0.4, -0.2) is 6.54 Å². The molecule has 0 aliphatic rings. The van der Waals surface area contributed by atoms with Gasteiger partial charge in [-0.3, -0.25) is 0 Å². The third-order valence-electron chi connectivity index (χ3n) is 4.88. The van der Waals surface area contributed by atoms with Crippen molar-refractivity contribution in [1.82, 2.24) is 0 Å². The summed E-state index contributed by atoms with van der Waals surface area (Å²) < 4.78 is 0. The van der Waals surface area contributed by atoms with E-state index >= 15 is 0 Å². The van der Waals surface area contributed by atoms with Crippen LogP contribution < -0.4 is 11.5 Å². The molecule has 132 valence electrons. The van der Waals surface area contributed by atoms with E-state index in [1.165, 1.54) is 21.5 Å². The van der Waals surface area contributed by atoms with Gasteiger partial charge in [-0.25, -0.2) is 0 Å². The second-order valence-corrected chi connectivity index (χ2v) is 6.61. The molecule has 4 aromatic rings. The largest absolute Gasteiger partial charge is 0.398 e. The molecule has 4 aromatic carbocycles. The Morgan fingerprint density at radius 1 is 0.630 bits per heavy atom. The van der Waals surface area contributed by atoms with Crippen LogP contribution in [0.2, 0.25) is 0 Å². The number of hydrogen-bond donors (Lipinski definition) is 2. The smallest absolute Gasteiger partial charge is 0.0366 e. The van der Waals surface area contributed by atoms with Gasteiger partial charge in [0, 0.05) is 12.2 Å². The Balaban J connectivity index is 1.79. The summed E-state index contributed by atoms with van der Waals surface area (Å²) in [5.41, 5.74) is 16.4. The molecule has 0 aliphatic heterocycles. The maximum Gasteiger partial charge on any atom is 0.0366 e. The van der Waals surface area contributed by atoms with Gasteiger partial charge >= 0.3 is 0 Å². The Labute approximate surface area is 159 Å². The van der Waals surface area contributed by atoms with Crippen molar-refractivity contribution in [3.63, 3.8) is 0 Å². The molecule has 0 atom stereocenters. The van der Waals surface area contributed by atoms with Crippen LogP contribution >= 0.6 is 0 Å². The molecule has 2 nitrogen and oxygen atoms in total. The van der Waals surface area contributed by atoms with Gasteiger partial charge in [-0.15, -0.1) is 0 Å². The number of benzene rings is 4. The Bertz CT molecular complexity index is 1160. The Morgan fingerprint density at radius 2 is 1.11 bits per heavy atom. The van der Waals surface area contributed by atoms with Crippen LogP contribution in [0.1, 0.15) is 11.1 Å². The first-order chi connectivity index (χ1) is 13.3. The van der Waals surface area contributed by atoms with Crippen LogP contribution in [0.25, 0.3) is 33.7 Å². The first-order valence-electron chi connectivity index (χ1n) is 9.10. The number of nitrogens with two attached hydrogens (primary N) is 2. The molecule has 4 rings (SSSR count). The van der Waals surface area contributed by atoms with Crippen LogP contribution in [0, 0.1) is 0 Å². The summed E-state index contributed by atoms with van der Waals surface area (Å²) in [6, 6.07) is 29.2. The van der Waals surface area contributed by atoms with Gasteiger partial charge in [0.2, 0.25) is 0 Å². The molecule has 0 saturated carbocycles. The van der Waals surface area contributed by atoms with E-state index in [1.807, 2.05) is 18.2 Å². The fraction of sp³-hybridized carbons (Fsp3) is 0.0400. The predicted molar refractivity (Wildman–Crippen MR) is 117 cm³/mol. The van der Waals surface area contributed by atoms with Crippen molar-refractivity contribution in [3.8, 4) is 0 Å². The zero-order valence-corrected chi connectivity index (χ0v) is 15.1. The highest BCUT2D eigenvalue weighted by Crippen LogP contribution is 2.24. The lowest BCUT2D eigenvalue weighted by Gasteiger charge is -2.09. The Kier molecular flexibility index (Phi) is 4.73. The van der Waals surface area contributed by atoms with Gasteiger partial charge in [-0.1, -0.05) is 84.9 Å². The van der Waals surface area contributed by atoms with Crippen molar-refractivity contribution in [2.24, 2.45) is 11.5 Å². The van der Waals surface area contributed by atoms with E-state index in [0.29, 0.717) is 12.2 Å². The van der Waals surface area contributed by atoms with Gasteiger partial charge < -0.3 is 11.5 Å². The van der Waals surface area contributed by atoms with E-state index in [0.717, 1.165) is 16.7 Å². The summed E-state index contributed by atoms with van der Waals surface area (Å²) in [5, 5.41) is 4.79. The lowest BCUT2D eigenvalue weighted by molar-refractivity contribution is 1.14. The molecule has 0 amide bonds. The predicted octanol–water partition coefficient (Wildman–Crippen LogP) is 5.33. The van der Waals surface area contributed by atoms with Gasteiger partial charge in [0.15, 0.2) is 0 Å². The first-order valence-corrected chi connectivity index (χ1v) is 9.10. The van der Waals surface area contributed by atoms with Crippen molar-refractivity contribution in [3.05, 3.63) is 107 Å². The monoisotopic (exact) mass is 350 g/mol. The highest BCUT2D eigenvalue weighted by atomic mass is 14.6. The van der Waals surface area contributed by atoms with Crippen molar-refractivity contribution in [2.75, 3.05) is 6.54 Å². The Hall–Kier alpha value is -3.36. The summed E-state index contributed by atoms with van der Waals surface area (Å²) >= 11 is 0. The molecule has 0 aliphatic carbocycles. The molecule has 27 heavy (non-hydrogen) atoms. The third-order valence-corrected chi connectivity index (χ3v) is 4.88. The second kappa shape index (κ2) is 7.48. The second-order valence-electron chi connectivity index (χ2n) is 6.61. The van der Waals surface area contributed by atoms with Crippen LogP contribution in [0.15, 0.2) is 96.2 Å². The molecular formula is C25H22N2. The lowest BCUT2D eigenvalue weighted by Crippen LogP contribution is -2.11. The minimum atomic E-state index is 0.385. The lowest BCUT2D eigenvalue weighted by atomic mass is 9.99. The molecule has 0 radical (unpaired) electrons. The van der Waals surface area contributed by atoms with E-state index in [1.54, 1.807) is 0 Å². The maximum atomic E-state index is 6.46. The zero-order valence-electron chi connectivity index (χ0n) is 15.1. The molecule has 2 heteroatoms. The van der Waals surface area contributed by atoms with Gasteiger partial charge in [-0.05, 0) is 50.4 Å². The fourth-order valence-electron chi connectivity index (χ4n) is 3.46. The van der Waals surface area contributed by atoms with Gasteiger partial charge in [0.05, 0.1) is 0 Å². The van der Waals surface area contributed by atoms with E-state index in [9.17, 15) is 0 Å². The summed E-state index contributed by atoms with van der Waals surface area (Å²) in [6.45, 7) is 0.385. The zero-order chi connectivity index (χ0) is 18.6. The van der Waals surface area contributed by atoms with Crippen molar-refractivity contribution >= 4 is 33.7 Å². The molecule has 0 spiro atoms. The van der Waals surface area contributed by atoms with Crippen LogP contribution in [0.3, 0.4) is 0 Å². The topological polar surface area (TPSA) is 52.0 Å². The fourth-order valence-corrected chi connectivity index (χ4v) is 3.46. The van der Waals surface area contributed by atoms with E-state index < -0.39 is 0 Å². The highest BCUT2D eigenvalue weighted by Gasteiger charge is 2.05. The van der Waals surface area contributed by atoms with Crippen LogP contribution in [-0.2, 0) is 0 Å². The molecule has 0 bridgehead atoms. The van der Waals surface area contributed by atoms with Crippen LogP contribution in [0.5, 0.6) is 0 Å². The van der Waals surface area contributed by atoms with E-state index in [-0.39, 0.29) is 0 Å². The van der Waals surface area contributed by atoms with Crippen molar-refractivity contribution < 1.29 is 0 Å². The SMILES string of the molecule is NCC(=C\c1cccc2ccccc12)/C(N)=C\c1cccc2ccccc12. The minimum absolute atomic E-state index is 0.385. The van der Waals surface area contributed by atoms with E-state index in [4.69, 9.17) is 11.5 Å².